The van der Waals surface area contributed by atoms with Gasteiger partial charge in [-0.05, 0) is 133 Å². The molecule has 14 heteroatoms. The van der Waals surface area contributed by atoms with Crippen molar-refractivity contribution in [3.63, 3.8) is 0 Å². The number of rotatable bonds is 33. The molecule has 0 bridgehead atoms. The van der Waals surface area contributed by atoms with Crippen LogP contribution < -0.4 is 18.9 Å². The average Bonchev–Trinajstić information content (AvgIpc) is 2.13. The molecule has 6 heterocycles. The lowest BCUT2D eigenvalue weighted by Crippen LogP contribution is -2.12. The zero-order valence-electron chi connectivity index (χ0n) is 51.2. The maximum atomic E-state index is 13.5. The Morgan fingerprint density at radius 1 is 0.424 bits per heavy atom. The summed E-state index contributed by atoms with van der Waals surface area (Å²) in [4.78, 5) is 25.2. The van der Waals surface area contributed by atoms with E-state index in [9.17, 15) is 15.0 Å². The molecule has 0 aliphatic rings. The second kappa shape index (κ2) is 29.2. The molecule has 0 radical (unpaired) electrons. The molecule has 0 spiro atoms. The minimum absolute atomic E-state index is 0.0490. The van der Waals surface area contributed by atoms with Crippen molar-refractivity contribution in [3.8, 4) is 74.9 Å². The van der Waals surface area contributed by atoms with Gasteiger partial charge in [-0.25, -0.2) is 4.98 Å². The number of thiophene rings is 5. The number of aromatic nitrogens is 1. The molecule has 452 valence electrons. The molecule has 0 saturated carbocycles. The quantitative estimate of drug-likeness (QED) is 0.0392. The van der Waals surface area contributed by atoms with E-state index in [1.165, 1.54) is 11.3 Å². The first-order valence-electron chi connectivity index (χ1n) is 31.5. The van der Waals surface area contributed by atoms with Crippen LogP contribution in [-0.2, 0) is 0 Å². The Balaban J connectivity index is 1.19. The van der Waals surface area contributed by atoms with Crippen LogP contribution >= 0.6 is 68.0 Å². The Morgan fingerprint density at radius 2 is 0.741 bits per heavy atom. The molecule has 10 rings (SSSR count). The van der Waals surface area contributed by atoms with E-state index in [2.05, 4.69) is 79.7 Å². The van der Waals surface area contributed by atoms with Crippen molar-refractivity contribution >= 4 is 124 Å². The third-order valence-electron chi connectivity index (χ3n) is 17.1. The van der Waals surface area contributed by atoms with Crippen LogP contribution in [0, 0.1) is 23.7 Å². The summed E-state index contributed by atoms with van der Waals surface area (Å²) in [5.74, 6) is 5.65. The van der Waals surface area contributed by atoms with Gasteiger partial charge in [-0.1, -0.05) is 132 Å². The lowest BCUT2D eigenvalue weighted by molar-refractivity contribution is 0.101. The number of carbonyl (C=O) groups excluding carboxylic acids is 1. The van der Waals surface area contributed by atoms with Crippen LogP contribution in [0.1, 0.15) is 175 Å². The zero-order chi connectivity index (χ0) is 59.7. The Labute approximate surface area is 527 Å². The van der Waals surface area contributed by atoms with Crippen LogP contribution in [0.3, 0.4) is 0 Å². The molecule has 4 aromatic carbocycles. The Bertz CT molecular complexity index is 3450. The molecular weight excluding hydrogens is 1170 g/mol. The topological polar surface area (TPSA) is 107 Å². The van der Waals surface area contributed by atoms with Crippen LogP contribution in [0.2, 0.25) is 0 Å². The molecule has 0 saturated heterocycles. The molecule has 85 heavy (non-hydrogen) atoms. The van der Waals surface area contributed by atoms with Crippen molar-refractivity contribution < 1.29 is 34.0 Å². The number of phenolic OH excluding ortho intramolecular Hbond substituents is 2. The number of benzene rings is 4. The van der Waals surface area contributed by atoms with E-state index in [0.29, 0.717) is 55.1 Å². The van der Waals surface area contributed by atoms with Gasteiger partial charge in [0.15, 0.2) is 10.8 Å². The Morgan fingerprint density at radius 3 is 1.06 bits per heavy atom. The highest BCUT2D eigenvalue weighted by atomic mass is 32.1. The van der Waals surface area contributed by atoms with Gasteiger partial charge in [0.1, 0.15) is 40.0 Å². The third kappa shape index (κ3) is 13.9. The summed E-state index contributed by atoms with van der Waals surface area (Å²) in [6, 6.07) is 24.2. The first kappa shape index (κ1) is 62.8. The van der Waals surface area contributed by atoms with Crippen LogP contribution in [-0.4, -0.2) is 47.4 Å². The third-order valence-corrected chi connectivity index (χ3v) is 24.5. The van der Waals surface area contributed by atoms with Gasteiger partial charge < -0.3 is 29.2 Å². The van der Waals surface area contributed by atoms with Gasteiger partial charge in [-0.2, -0.15) is 0 Å². The van der Waals surface area contributed by atoms with Gasteiger partial charge in [0, 0.05) is 48.0 Å². The van der Waals surface area contributed by atoms with E-state index < -0.39 is 0 Å². The number of unbranched alkanes of at least 4 members (excludes halogenated alkanes) is 4. The number of carbonyl (C=O) groups is 1. The van der Waals surface area contributed by atoms with Crippen LogP contribution in [0.4, 0.5) is 0 Å². The summed E-state index contributed by atoms with van der Waals surface area (Å²) in [5, 5.41) is 25.3. The predicted molar refractivity (Wildman–Crippen MR) is 369 cm³/mol. The summed E-state index contributed by atoms with van der Waals surface area (Å²) < 4.78 is 34.2. The fourth-order valence-corrected chi connectivity index (χ4v) is 18.8. The van der Waals surface area contributed by atoms with Crippen molar-refractivity contribution in [1.29, 1.82) is 0 Å². The molecule has 0 aliphatic carbocycles. The molecule has 4 unspecified atom stereocenters. The highest BCUT2D eigenvalue weighted by Gasteiger charge is 2.30. The number of thiazole rings is 1. The van der Waals surface area contributed by atoms with Gasteiger partial charge in [0.25, 0.3) is 0 Å². The highest BCUT2D eigenvalue weighted by Crippen LogP contribution is 2.58. The Hall–Kier alpha value is -5.22. The predicted octanol–water partition coefficient (Wildman–Crippen LogP) is 23.9. The molecule has 8 nitrogen and oxygen atoms in total. The maximum Gasteiger partial charge on any atom is 0.188 e. The second-order valence-electron chi connectivity index (χ2n) is 23.2. The number of ether oxygens (including phenoxy) is 4. The molecule has 6 aromatic heterocycles. The average molecular weight is 1260 g/mol. The minimum atomic E-state index is -0.0490. The number of aromatic hydroxyl groups is 2. The number of nitrogens with zero attached hydrogens (tertiary/aromatic N) is 1. The van der Waals surface area contributed by atoms with Crippen LogP contribution in [0.25, 0.3) is 91.0 Å². The number of Topliss-reactive ketones (excluding diaryl/α,β-unsaturated/α-hetero) is 1. The largest absolute Gasteiger partial charge is 0.508 e. The molecule has 0 amide bonds. The fraction of sp³-hybridized carbons (Fsp3) is 0.465. The lowest BCUT2D eigenvalue weighted by Gasteiger charge is -2.19. The van der Waals surface area contributed by atoms with Crippen molar-refractivity contribution in [2.24, 2.45) is 23.7 Å². The summed E-state index contributed by atoms with van der Waals surface area (Å²) >= 11 is 10.2. The number of hydrogen-bond donors (Lipinski definition) is 2. The SMILES string of the molecule is CCCCC(CC)COc1c2cc(-c3sc(-c4cc5c(OCC(CC)CCCC)c6sc(-c7ccc(O)cc7)cc6c(OCC(CC)CCCC)c5s4)c4sc(C(C)=O)nc34)sc2c(OCC(CC)CCCC)c2cc(-c3ccc(O)cc3)sc12. The molecule has 4 atom stereocenters. The van der Waals surface area contributed by atoms with Gasteiger partial charge in [0.2, 0.25) is 0 Å². The van der Waals surface area contributed by atoms with E-state index in [0.717, 1.165) is 217 Å². The number of phenols is 2. The molecular formula is C71H85NO7S6. The van der Waals surface area contributed by atoms with E-state index in [1.54, 1.807) is 87.9 Å². The molecule has 10 aromatic rings. The van der Waals surface area contributed by atoms with Gasteiger partial charge in [-0.3, -0.25) is 4.79 Å². The summed E-state index contributed by atoms with van der Waals surface area (Å²) in [6.07, 6.45) is 17.8. The van der Waals surface area contributed by atoms with E-state index in [1.807, 2.05) is 24.3 Å². The fourth-order valence-electron chi connectivity index (χ4n) is 11.4. The molecule has 0 fully saturated rings. The van der Waals surface area contributed by atoms with Crippen LogP contribution in [0.5, 0.6) is 34.5 Å². The molecule has 0 aliphatic heterocycles. The minimum Gasteiger partial charge on any atom is -0.508 e. The molecule has 2 N–H and O–H groups in total. The summed E-state index contributed by atoms with van der Waals surface area (Å²) in [5.41, 5.74) is 2.91. The second-order valence-corrected chi connectivity index (χ2v) is 29.5. The van der Waals surface area contributed by atoms with Crippen molar-refractivity contribution in [1.82, 2.24) is 4.98 Å². The standard InChI is InChI=1S/C71H85NO7S6/c1-10-18-22-43(14-5)38-76-60-51-34-55(47-26-30-49(74)31-27-47)80-64(51)62(78-40-45(16-7)24-20-12-3)53-36-57(82-66(53)60)68-59-70(85-71(72-59)42(9)73)69(84-68)58-37-54-63(79-41-46(17-8)25-21-13-4)65-52(35-56(81-65)48-28-32-50(75)33-29-48)61(67(54)83-58)77-39-44(15-6)23-19-11-2/h26-37,43-46,74-75H,10-25,38-41H2,1-9H3. The number of fused-ring (bicyclic) bond motifs is 5. The van der Waals surface area contributed by atoms with Crippen molar-refractivity contribution in [2.75, 3.05) is 26.4 Å². The maximum absolute atomic E-state index is 13.5. The summed E-state index contributed by atoms with van der Waals surface area (Å²) in [7, 11) is 0. The van der Waals surface area contributed by atoms with Crippen LogP contribution in [0.15, 0.2) is 72.8 Å². The van der Waals surface area contributed by atoms with Crippen molar-refractivity contribution in [3.05, 3.63) is 77.8 Å². The summed E-state index contributed by atoms with van der Waals surface area (Å²) in [6.45, 7) is 22.2. The van der Waals surface area contributed by atoms with E-state index in [4.69, 9.17) is 23.9 Å². The zero-order valence-corrected chi connectivity index (χ0v) is 56.1. The smallest absolute Gasteiger partial charge is 0.188 e. The monoisotopic (exact) mass is 1260 g/mol. The van der Waals surface area contributed by atoms with Crippen molar-refractivity contribution in [2.45, 2.75) is 165 Å². The van der Waals surface area contributed by atoms with E-state index in [-0.39, 0.29) is 17.3 Å². The lowest BCUT2D eigenvalue weighted by atomic mass is 10.0. The first-order valence-corrected chi connectivity index (χ1v) is 36.4. The van der Waals surface area contributed by atoms with Gasteiger partial charge >= 0.3 is 0 Å². The van der Waals surface area contributed by atoms with Gasteiger partial charge in [-0.15, -0.1) is 68.0 Å². The first-order chi connectivity index (χ1) is 41.4. The highest BCUT2D eigenvalue weighted by molar-refractivity contribution is 7.34. The van der Waals surface area contributed by atoms with Gasteiger partial charge in [0.05, 0.1) is 59.7 Å². The number of ketones is 1. The van der Waals surface area contributed by atoms with E-state index >= 15 is 0 Å². The Kier molecular flexibility index (Phi) is 21.6. The number of hydrogen-bond acceptors (Lipinski definition) is 14. The normalized spacial score (nSPS) is 13.4.